The molecule has 1 rings (SSSR count). The van der Waals surface area contributed by atoms with Crippen molar-refractivity contribution in [3.05, 3.63) is 24.6 Å². The molecule has 1 aliphatic rings. The van der Waals surface area contributed by atoms with Gasteiger partial charge in [-0.1, -0.05) is 89.7 Å². The molecule has 170 valence electrons. The molecular weight excluding hydrogens is 356 g/mol. The highest BCUT2D eigenvalue weighted by Gasteiger charge is 2.40. The molecular formula is C26H51N2O+. The molecule has 1 aliphatic heterocycles. The predicted molar refractivity (Wildman–Crippen MR) is 127 cm³/mol. The number of rotatable bonds is 19. The van der Waals surface area contributed by atoms with Crippen molar-refractivity contribution in [1.82, 2.24) is 5.32 Å². The van der Waals surface area contributed by atoms with E-state index in [2.05, 4.69) is 37.5 Å². The molecule has 3 unspecified atom stereocenters. The summed E-state index contributed by atoms with van der Waals surface area (Å²) in [6, 6.07) is 0. The standard InChI is InChI=1S/C26H51N2O/c1-4-6-7-8-9-10-11-12-13-14-15-16-17-18-19-20-21-22-26-27-23-24-28(26,5-2)25(3)29/h8-9,23-27,29H,4-7,10-22H2,1-3H3/q+1/b9-8+. The Hall–Kier alpha value is -0.800. The summed E-state index contributed by atoms with van der Waals surface area (Å²) in [5, 5.41) is 13.7. The number of nitrogens with zero attached hydrogens (tertiary/aromatic N) is 1. The average Bonchev–Trinajstić information content (AvgIpc) is 3.14. The molecule has 0 fully saturated rings. The molecule has 0 bridgehead atoms. The van der Waals surface area contributed by atoms with Crippen LogP contribution in [0, 0.1) is 0 Å². The number of aliphatic hydroxyl groups excluding tert-OH is 1. The molecule has 0 saturated heterocycles. The van der Waals surface area contributed by atoms with Crippen molar-refractivity contribution in [3.8, 4) is 0 Å². The molecule has 0 amide bonds. The van der Waals surface area contributed by atoms with Crippen molar-refractivity contribution in [3.63, 3.8) is 0 Å². The topological polar surface area (TPSA) is 32.3 Å². The van der Waals surface area contributed by atoms with Crippen molar-refractivity contribution in [2.75, 3.05) is 6.54 Å². The summed E-state index contributed by atoms with van der Waals surface area (Å²) >= 11 is 0. The van der Waals surface area contributed by atoms with Gasteiger partial charge in [-0.3, -0.25) is 4.48 Å². The molecule has 29 heavy (non-hydrogen) atoms. The summed E-state index contributed by atoms with van der Waals surface area (Å²) in [5.74, 6) is 0. The number of nitrogens with one attached hydrogen (secondary N) is 1. The van der Waals surface area contributed by atoms with Gasteiger partial charge in [0.1, 0.15) is 6.20 Å². The molecule has 0 aromatic rings. The monoisotopic (exact) mass is 407 g/mol. The molecule has 1 heterocycles. The van der Waals surface area contributed by atoms with Crippen LogP contribution in [0.4, 0.5) is 0 Å². The first-order valence-electron chi connectivity index (χ1n) is 12.8. The number of quaternary nitrogens is 1. The second kappa shape index (κ2) is 16.9. The third-order valence-electron chi connectivity index (χ3n) is 6.70. The number of hydrogen-bond acceptors (Lipinski definition) is 2. The molecule has 3 nitrogen and oxygen atoms in total. The van der Waals surface area contributed by atoms with E-state index in [0.717, 1.165) is 13.0 Å². The van der Waals surface area contributed by atoms with E-state index in [1.54, 1.807) is 0 Å². The fraction of sp³-hybridized carbons (Fsp3) is 0.846. The zero-order valence-corrected chi connectivity index (χ0v) is 19.9. The van der Waals surface area contributed by atoms with Gasteiger partial charge in [0.25, 0.3) is 0 Å². The van der Waals surface area contributed by atoms with Crippen LogP contribution in [0.15, 0.2) is 24.6 Å². The lowest BCUT2D eigenvalue weighted by molar-refractivity contribution is -0.942. The fourth-order valence-corrected chi connectivity index (χ4v) is 4.58. The summed E-state index contributed by atoms with van der Waals surface area (Å²) in [6.45, 7) is 7.29. The Morgan fingerprint density at radius 2 is 1.34 bits per heavy atom. The van der Waals surface area contributed by atoms with Crippen molar-refractivity contribution in [2.24, 2.45) is 0 Å². The number of unbranched alkanes of at least 4 members (excludes halogenated alkanes) is 13. The van der Waals surface area contributed by atoms with E-state index in [1.807, 2.05) is 13.1 Å². The smallest absolute Gasteiger partial charge is 0.193 e. The molecule has 0 aromatic carbocycles. The molecule has 3 atom stereocenters. The lowest BCUT2D eigenvalue weighted by Gasteiger charge is -2.39. The van der Waals surface area contributed by atoms with Gasteiger partial charge in [-0.25, -0.2) is 0 Å². The van der Waals surface area contributed by atoms with Crippen LogP contribution < -0.4 is 5.32 Å². The van der Waals surface area contributed by atoms with Crippen LogP contribution in [0.25, 0.3) is 0 Å². The minimum Gasteiger partial charge on any atom is -0.345 e. The van der Waals surface area contributed by atoms with Crippen molar-refractivity contribution < 1.29 is 9.59 Å². The summed E-state index contributed by atoms with van der Waals surface area (Å²) in [7, 11) is 0. The fourth-order valence-electron chi connectivity index (χ4n) is 4.58. The largest absolute Gasteiger partial charge is 0.345 e. The van der Waals surface area contributed by atoms with Gasteiger partial charge in [0, 0.05) is 13.3 Å². The lowest BCUT2D eigenvalue weighted by atomic mass is 10.0. The van der Waals surface area contributed by atoms with E-state index in [1.165, 1.54) is 96.3 Å². The number of hydrogen-bond donors (Lipinski definition) is 2. The van der Waals surface area contributed by atoms with Crippen LogP contribution in [0.1, 0.15) is 124 Å². The quantitative estimate of drug-likeness (QED) is 0.133. The summed E-state index contributed by atoms with van der Waals surface area (Å²) in [6.07, 6.45) is 30.5. The molecule has 0 aromatic heterocycles. The Labute approximate surface area is 182 Å². The molecule has 0 spiro atoms. The summed E-state index contributed by atoms with van der Waals surface area (Å²) in [4.78, 5) is 0. The molecule has 2 N–H and O–H groups in total. The third kappa shape index (κ3) is 10.7. The van der Waals surface area contributed by atoms with Gasteiger partial charge in [-0.05, 0) is 32.6 Å². The van der Waals surface area contributed by atoms with Crippen LogP contribution in [0.2, 0.25) is 0 Å². The van der Waals surface area contributed by atoms with Crippen molar-refractivity contribution >= 4 is 0 Å². The second-order valence-electron chi connectivity index (χ2n) is 9.02. The van der Waals surface area contributed by atoms with Crippen molar-refractivity contribution in [1.29, 1.82) is 0 Å². The molecule has 3 heteroatoms. The Balaban J connectivity index is 1.87. The van der Waals surface area contributed by atoms with Crippen LogP contribution in [-0.2, 0) is 0 Å². The third-order valence-corrected chi connectivity index (χ3v) is 6.70. The Bertz CT molecular complexity index is 432. The van der Waals surface area contributed by atoms with E-state index in [-0.39, 0.29) is 6.23 Å². The van der Waals surface area contributed by atoms with Crippen LogP contribution in [0.3, 0.4) is 0 Å². The molecule has 0 saturated carbocycles. The predicted octanol–water partition coefficient (Wildman–Crippen LogP) is 7.38. The Kier molecular flexibility index (Phi) is 15.3. The maximum absolute atomic E-state index is 10.2. The van der Waals surface area contributed by atoms with Crippen LogP contribution in [0.5, 0.6) is 0 Å². The van der Waals surface area contributed by atoms with E-state index >= 15 is 0 Å². The molecule has 0 radical (unpaired) electrons. The maximum Gasteiger partial charge on any atom is 0.193 e. The van der Waals surface area contributed by atoms with Gasteiger partial charge in [-0.15, -0.1) is 0 Å². The van der Waals surface area contributed by atoms with Gasteiger partial charge < -0.3 is 10.4 Å². The Morgan fingerprint density at radius 3 is 1.86 bits per heavy atom. The maximum atomic E-state index is 10.2. The summed E-state index contributed by atoms with van der Waals surface area (Å²) in [5.41, 5.74) is 0. The minimum absolute atomic E-state index is 0.335. The number of allylic oxidation sites excluding steroid dienone is 2. The SMILES string of the molecule is CCCC/C=C/CCCCCCCCCCCCCC1NC=C[N+]1(CC)C(C)O. The highest BCUT2D eigenvalue weighted by atomic mass is 16.3. The number of aliphatic hydroxyl groups is 1. The van der Waals surface area contributed by atoms with Gasteiger partial charge in [0.05, 0.1) is 12.7 Å². The average molecular weight is 408 g/mol. The van der Waals surface area contributed by atoms with Crippen LogP contribution in [-0.4, -0.2) is 28.5 Å². The van der Waals surface area contributed by atoms with Gasteiger partial charge >= 0.3 is 0 Å². The van der Waals surface area contributed by atoms with E-state index < -0.39 is 0 Å². The summed E-state index contributed by atoms with van der Waals surface area (Å²) < 4.78 is 0.676. The minimum atomic E-state index is -0.335. The first-order chi connectivity index (χ1) is 14.2. The van der Waals surface area contributed by atoms with Gasteiger partial charge in [-0.2, -0.15) is 0 Å². The normalized spacial score (nSPS) is 22.4. The van der Waals surface area contributed by atoms with E-state index in [4.69, 9.17) is 0 Å². The van der Waals surface area contributed by atoms with Crippen LogP contribution >= 0.6 is 0 Å². The first-order valence-corrected chi connectivity index (χ1v) is 12.8. The van der Waals surface area contributed by atoms with E-state index in [9.17, 15) is 5.11 Å². The Morgan fingerprint density at radius 1 is 0.828 bits per heavy atom. The molecule has 0 aliphatic carbocycles. The second-order valence-corrected chi connectivity index (χ2v) is 9.02. The van der Waals surface area contributed by atoms with Crippen molar-refractivity contribution in [2.45, 2.75) is 136 Å². The van der Waals surface area contributed by atoms with Gasteiger partial charge in [0.2, 0.25) is 0 Å². The zero-order chi connectivity index (χ0) is 21.2. The van der Waals surface area contributed by atoms with E-state index in [0.29, 0.717) is 10.6 Å². The first kappa shape index (κ1) is 26.2. The van der Waals surface area contributed by atoms with Gasteiger partial charge in [0.15, 0.2) is 12.4 Å². The highest BCUT2D eigenvalue weighted by Crippen LogP contribution is 2.25. The zero-order valence-electron chi connectivity index (χ0n) is 19.9. The highest BCUT2D eigenvalue weighted by molar-refractivity contribution is 4.84. The lowest BCUT2D eigenvalue weighted by Crippen LogP contribution is -2.57.